The van der Waals surface area contributed by atoms with Crippen molar-refractivity contribution in [3.8, 4) is 0 Å². The van der Waals surface area contributed by atoms with Crippen LogP contribution in [-0.4, -0.2) is 24.1 Å². The lowest BCUT2D eigenvalue weighted by molar-refractivity contribution is -0.199. The van der Waals surface area contributed by atoms with Gasteiger partial charge in [0, 0.05) is 0 Å². The first-order chi connectivity index (χ1) is 9.41. The molecule has 1 heterocycles. The molecule has 4 saturated carbocycles. The van der Waals surface area contributed by atoms with Gasteiger partial charge in [-0.25, -0.2) is 0 Å². The Bertz CT molecular complexity index is 411. The second-order valence-electron chi connectivity index (χ2n) is 8.39. The van der Waals surface area contributed by atoms with Crippen molar-refractivity contribution in [1.29, 1.82) is 0 Å². The van der Waals surface area contributed by atoms with Gasteiger partial charge in [-0.1, -0.05) is 33.1 Å². The van der Waals surface area contributed by atoms with Crippen LogP contribution >= 0.6 is 11.6 Å². The molecule has 0 spiro atoms. The molecule has 5 aliphatic rings. The Morgan fingerprint density at radius 1 is 1.25 bits per heavy atom. The largest absolute Gasteiger partial charge is 0.476 e. The minimum atomic E-state index is -0.178. The quantitative estimate of drug-likeness (QED) is 0.578. The maximum Gasteiger partial charge on any atom is 0.476 e. The van der Waals surface area contributed by atoms with E-state index < -0.39 is 0 Å². The number of hydrogen-bond acceptors (Lipinski definition) is 2. The van der Waals surface area contributed by atoms with Gasteiger partial charge in [-0.3, -0.25) is 0 Å². The van der Waals surface area contributed by atoms with Gasteiger partial charge in [-0.15, -0.1) is 11.6 Å². The molecular weight excluding hydrogens is 270 g/mol. The molecule has 0 N–H and O–H groups in total. The first-order valence-electron chi connectivity index (χ1n) is 8.38. The Morgan fingerprint density at radius 2 is 2.00 bits per heavy atom. The highest BCUT2D eigenvalue weighted by Crippen LogP contribution is 2.65. The maximum absolute atomic E-state index is 6.60. The average Bonchev–Trinajstić information content (AvgIpc) is 2.70. The Kier molecular flexibility index (Phi) is 3.06. The standard InChI is InChI=1S/C16H26BClO2/c1-15(2)11-8-12(15)16(3)13(9-11)19-17(20-16)14(18)7-10-5-4-6-10/h10-14H,4-9H2,1-3H3/t11-,12-,13-,14-,16+/m1/s1. The van der Waals surface area contributed by atoms with E-state index in [-0.39, 0.29) is 24.1 Å². The monoisotopic (exact) mass is 296 g/mol. The van der Waals surface area contributed by atoms with Crippen molar-refractivity contribution >= 4 is 18.7 Å². The van der Waals surface area contributed by atoms with Crippen LogP contribution in [0.2, 0.25) is 0 Å². The van der Waals surface area contributed by atoms with Crippen LogP contribution in [0, 0.1) is 23.2 Å². The third-order valence-corrected chi connectivity index (χ3v) is 7.43. The fourth-order valence-electron chi connectivity index (χ4n) is 5.21. The summed E-state index contributed by atoms with van der Waals surface area (Å²) in [5.74, 6) is 2.26. The van der Waals surface area contributed by atoms with Gasteiger partial charge >= 0.3 is 7.12 Å². The summed E-state index contributed by atoms with van der Waals surface area (Å²) in [6, 6.07) is 0. The number of halogens is 1. The van der Waals surface area contributed by atoms with E-state index in [1.165, 1.54) is 25.7 Å². The zero-order valence-corrected chi connectivity index (χ0v) is 13.7. The van der Waals surface area contributed by atoms with E-state index in [2.05, 4.69) is 20.8 Å². The summed E-state index contributed by atoms with van der Waals surface area (Å²) in [4.78, 5) is 0. The van der Waals surface area contributed by atoms with Crippen LogP contribution in [-0.2, 0) is 9.31 Å². The third kappa shape index (κ3) is 1.78. The Labute approximate surface area is 128 Å². The summed E-state index contributed by atoms with van der Waals surface area (Å²) in [5.41, 5.74) is 0.314. The topological polar surface area (TPSA) is 18.5 Å². The van der Waals surface area contributed by atoms with Crippen LogP contribution in [0.4, 0.5) is 0 Å². The predicted molar refractivity (Wildman–Crippen MR) is 81.7 cm³/mol. The molecule has 1 saturated heterocycles. The first-order valence-corrected chi connectivity index (χ1v) is 8.82. The maximum atomic E-state index is 6.60. The minimum absolute atomic E-state index is 0.0306. The molecule has 20 heavy (non-hydrogen) atoms. The summed E-state index contributed by atoms with van der Waals surface area (Å²) < 4.78 is 12.7. The van der Waals surface area contributed by atoms with Crippen LogP contribution in [0.25, 0.3) is 0 Å². The molecule has 5 fully saturated rings. The number of alkyl halides is 1. The normalized spacial score (nSPS) is 47.4. The van der Waals surface area contributed by atoms with Gasteiger partial charge in [-0.2, -0.15) is 0 Å². The number of hydrogen-bond donors (Lipinski definition) is 0. The van der Waals surface area contributed by atoms with Crippen LogP contribution < -0.4 is 0 Å². The van der Waals surface area contributed by atoms with Crippen molar-refractivity contribution < 1.29 is 9.31 Å². The Balaban J connectivity index is 1.46. The van der Waals surface area contributed by atoms with Gasteiger partial charge in [-0.05, 0) is 49.4 Å². The van der Waals surface area contributed by atoms with Crippen molar-refractivity contribution in [3.05, 3.63) is 0 Å². The van der Waals surface area contributed by atoms with Crippen LogP contribution in [0.5, 0.6) is 0 Å². The fraction of sp³-hybridized carbons (Fsp3) is 1.00. The molecule has 0 unspecified atom stereocenters. The molecule has 0 radical (unpaired) electrons. The molecule has 4 aliphatic carbocycles. The molecular formula is C16H26BClO2. The smallest absolute Gasteiger partial charge is 0.404 e. The molecule has 1 aliphatic heterocycles. The lowest BCUT2D eigenvalue weighted by Gasteiger charge is -2.64. The molecule has 4 heteroatoms. The summed E-state index contributed by atoms with van der Waals surface area (Å²) in [7, 11) is -0.178. The van der Waals surface area contributed by atoms with Crippen LogP contribution in [0.1, 0.15) is 59.3 Å². The van der Waals surface area contributed by atoms with Gasteiger partial charge < -0.3 is 9.31 Å². The molecule has 0 aromatic heterocycles. The molecule has 5 atom stereocenters. The molecule has 112 valence electrons. The Morgan fingerprint density at radius 3 is 2.60 bits per heavy atom. The zero-order valence-electron chi connectivity index (χ0n) is 12.9. The molecule has 2 nitrogen and oxygen atoms in total. The van der Waals surface area contributed by atoms with Crippen molar-refractivity contribution in [2.24, 2.45) is 23.2 Å². The summed E-state index contributed by atoms with van der Waals surface area (Å²) >= 11 is 6.60. The van der Waals surface area contributed by atoms with Gasteiger partial charge in [0.15, 0.2) is 0 Å². The van der Waals surface area contributed by atoms with Crippen molar-refractivity contribution in [2.75, 3.05) is 0 Å². The second kappa shape index (κ2) is 4.39. The van der Waals surface area contributed by atoms with E-state index in [1.807, 2.05) is 0 Å². The van der Waals surface area contributed by atoms with Gasteiger partial charge in [0.05, 0.1) is 17.0 Å². The lowest BCUT2D eigenvalue weighted by atomic mass is 9.43. The SMILES string of the molecule is CC1(C)[C@@H]2C[C@H]1[C@]1(C)OB([C@H](Cl)CC3CCC3)O[C@@H]1C2. The van der Waals surface area contributed by atoms with Gasteiger partial charge in [0.25, 0.3) is 0 Å². The Hall–Kier alpha value is 0.275. The minimum Gasteiger partial charge on any atom is -0.404 e. The highest BCUT2D eigenvalue weighted by Gasteiger charge is 2.68. The highest BCUT2D eigenvalue weighted by atomic mass is 35.5. The van der Waals surface area contributed by atoms with Gasteiger partial charge in [0.1, 0.15) is 0 Å². The summed E-state index contributed by atoms with van der Waals surface area (Å²) in [6.45, 7) is 7.07. The first kappa shape index (κ1) is 13.9. The highest BCUT2D eigenvalue weighted by molar-refractivity contribution is 6.59. The van der Waals surface area contributed by atoms with E-state index in [4.69, 9.17) is 20.9 Å². The van der Waals surface area contributed by atoms with Gasteiger partial charge in [0.2, 0.25) is 0 Å². The number of rotatable bonds is 3. The fourth-order valence-corrected chi connectivity index (χ4v) is 5.57. The summed E-state index contributed by atoms with van der Waals surface area (Å²) in [5, 5.41) is 0.0306. The predicted octanol–water partition coefficient (Wildman–Crippen LogP) is 4.05. The van der Waals surface area contributed by atoms with E-state index in [0.29, 0.717) is 11.3 Å². The third-order valence-electron chi connectivity index (χ3n) is 7.05. The lowest BCUT2D eigenvalue weighted by Crippen LogP contribution is -2.65. The van der Waals surface area contributed by atoms with Crippen LogP contribution in [0.15, 0.2) is 0 Å². The van der Waals surface area contributed by atoms with E-state index in [1.54, 1.807) is 0 Å². The molecule has 0 amide bonds. The van der Waals surface area contributed by atoms with Crippen molar-refractivity contribution in [3.63, 3.8) is 0 Å². The van der Waals surface area contributed by atoms with E-state index in [9.17, 15) is 0 Å². The molecule has 2 bridgehead atoms. The zero-order chi connectivity index (χ0) is 14.1. The van der Waals surface area contributed by atoms with Crippen LogP contribution in [0.3, 0.4) is 0 Å². The molecule has 5 rings (SSSR count). The van der Waals surface area contributed by atoms with Crippen molar-refractivity contribution in [1.82, 2.24) is 0 Å². The van der Waals surface area contributed by atoms with E-state index >= 15 is 0 Å². The second-order valence-corrected chi connectivity index (χ2v) is 8.95. The summed E-state index contributed by atoms with van der Waals surface area (Å²) in [6.07, 6.45) is 7.86. The van der Waals surface area contributed by atoms with E-state index in [0.717, 1.165) is 24.7 Å². The molecule has 0 aromatic carbocycles. The van der Waals surface area contributed by atoms with Crippen molar-refractivity contribution in [2.45, 2.75) is 76.3 Å². The molecule has 0 aromatic rings. The average molecular weight is 297 g/mol.